The number of fused-ring (bicyclic) bond motifs is 1. The van der Waals surface area contributed by atoms with Crippen molar-refractivity contribution in [3.05, 3.63) is 57.1 Å². The second-order valence-electron chi connectivity index (χ2n) is 7.35. The minimum atomic E-state index is -4.54. The number of hydrogen-bond donors (Lipinski definition) is 3. The van der Waals surface area contributed by atoms with Crippen LogP contribution < -0.4 is 16.6 Å². The third kappa shape index (κ3) is 4.60. The first-order chi connectivity index (χ1) is 14.4. The maximum atomic E-state index is 13.2. The molecule has 2 aromatic heterocycles. The normalized spacial score (nSPS) is 12.6. The zero-order chi connectivity index (χ0) is 23.1. The SMILES string of the molecule is Cc1nc(N[C@H](C)c2cc(N)cc(C(F)(F)F)c2)c2cc(C(=O)N(C)C)c(=O)[nH]c2n1. The summed E-state index contributed by atoms with van der Waals surface area (Å²) in [4.78, 5) is 36.9. The molecule has 0 aliphatic rings. The van der Waals surface area contributed by atoms with Crippen molar-refractivity contribution in [1.82, 2.24) is 19.9 Å². The van der Waals surface area contributed by atoms with Crippen LogP contribution >= 0.6 is 0 Å². The number of nitrogens with zero attached hydrogens (tertiary/aromatic N) is 3. The molecular formula is C20H21F3N6O2. The number of carbonyl (C=O) groups is 1. The van der Waals surface area contributed by atoms with E-state index in [1.165, 1.54) is 31.1 Å². The third-order valence-electron chi connectivity index (χ3n) is 4.62. The van der Waals surface area contributed by atoms with Gasteiger partial charge in [0.1, 0.15) is 22.9 Å². The topological polar surface area (TPSA) is 117 Å². The fourth-order valence-corrected chi connectivity index (χ4v) is 3.09. The number of benzene rings is 1. The number of pyridine rings is 1. The number of H-pyrrole nitrogens is 1. The monoisotopic (exact) mass is 434 g/mol. The van der Waals surface area contributed by atoms with E-state index in [9.17, 15) is 22.8 Å². The van der Waals surface area contributed by atoms with Crippen LogP contribution in [-0.2, 0) is 6.18 Å². The van der Waals surface area contributed by atoms with E-state index in [0.29, 0.717) is 16.8 Å². The van der Waals surface area contributed by atoms with Crippen LogP contribution in [0.25, 0.3) is 11.0 Å². The molecule has 0 bridgehead atoms. The number of aromatic amines is 1. The summed E-state index contributed by atoms with van der Waals surface area (Å²) < 4.78 is 39.5. The molecule has 1 atom stereocenters. The highest BCUT2D eigenvalue weighted by molar-refractivity contribution is 5.98. The zero-order valence-corrected chi connectivity index (χ0v) is 17.3. The molecular weight excluding hydrogens is 413 g/mol. The van der Waals surface area contributed by atoms with Gasteiger partial charge in [-0.15, -0.1) is 0 Å². The zero-order valence-electron chi connectivity index (χ0n) is 17.3. The molecule has 0 radical (unpaired) electrons. The molecule has 0 aliphatic carbocycles. The van der Waals surface area contributed by atoms with Gasteiger partial charge < -0.3 is 20.9 Å². The second-order valence-corrected chi connectivity index (χ2v) is 7.35. The Hall–Kier alpha value is -3.63. The molecule has 0 saturated carbocycles. The molecule has 31 heavy (non-hydrogen) atoms. The lowest BCUT2D eigenvalue weighted by Crippen LogP contribution is -2.28. The minimum absolute atomic E-state index is 0.0228. The van der Waals surface area contributed by atoms with Gasteiger partial charge in [-0.1, -0.05) is 0 Å². The van der Waals surface area contributed by atoms with Crippen molar-refractivity contribution < 1.29 is 18.0 Å². The van der Waals surface area contributed by atoms with E-state index in [4.69, 9.17) is 5.73 Å². The number of nitrogens with one attached hydrogen (secondary N) is 2. The number of nitrogens with two attached hydrogens (primary N) is 1. The molecule has 1 amide bonds. The Bertz CT molecular complexity index is 1220. The van der Waals surface area contributed by atoms with Gasteiger partial charge >= 0.3 is 6.18 Å². The van der Waals surface area contributed by atoms with E-state index in [0.717, 1.165) is 12.1 Å². The standard InChI is InChI=1S/C20H21F3N6O2/c1-9(11-5-12(20(21,22)23)7-13(24)6-11)25-16-14-8-15(19(31)29(3)4)18(30)28-17(14)27-10(2)26-16/h5-9H,24H2,1-4H3,(H2,25,26,27,28,30)/t9-/m1/s1. The van der Waals surface area contributed by atoms with Gasteiger partial charge in [0.05, 0.1) is 17.0 Å². The summed E-state index contributed by atoms with van der Waals surface area (Å²) in [7, 11) is 3.02. The Morgan fingerprint density at radius 1 is 1.19 bits per heavy atom. The molecule has 3 aromatic rings. The molecule has 0 saturated heterocycles. The van der Waals surface area contributed by atoms with Gasteiger partial charge in [-0.25, -0.2) is 9.97 Å². The van der Waals surface area contributed by atoms with Crippen molar-refractivity contribution in [1.29, 1.82) is 0 Å². The van der Waals surface area contributed by atoms with Crippen molar-refractivity contribution in [3.63, 3.8) is 0 Å². The van der Waals surface area contributed by atoms with Crippen molar-refractivity contribution in [2.75, 3.05) is 25.1 Å². The van der Waals surface area contributed by atoms with Crippen LogP contribution in [0, 0.1) is 6.92 Å². The number of halogens is 3. The highest BCUT2D eigenvalue weighted by Crippen LogP contribution is 2.33. The highest BCUT2D eigenvalue weighted by atomic mass is 19.4. The molecule has 0 fully saturated rings. The van der Waals surface area contributed by atoms with E-state index >= 15 is 0 Å². The van der Waals surface area contributed by atoms with Gasteiger partial charge in [-0.2, -0.15) is 13.2 Å². The van der Waals surface area contributed by atoms with Crippen molar-refractivity contribution in [2.24, 2.45) is 0 Å². The Kier molecular flexibility index (Phi) is 5.62. The van der Waals surface area contributed by atoms with Crippen LogP contribution in [-0.4, -0.2) is 39.9 Å². The minimum Gasteiger partial charge on any atom is -0.399 e. The first-order valence-electron chi connectivity index (χ1n) is 9.24. The van der Waals surface area contributed by atoms with Gasteiger partial charge in [-0.3, -0.25) is 9.59 Å². The summed E-state index contributed by atoms with van der Waals surface area (Å²) in [5.74, 6) is 0.0801. The number of amides is 1. The fourth-order valence-electron chi connectivity index (χ4n) is 3.09. The molecule has 0 aliphatic heterocycles. The first-order valence-corrected chi connectivity index (χ1v) is 9.24. The van der Waals surface area contributed by atoms with Gasteiger partial charge in [0.25, 0.3) is 11.5 Å². The quantitative estimate of drug-likeness (QED) is 0.544. The number of rotatable bonds is 4. The highest BCUT2D eigenvalue weighted by Gasteiger charge is 2.31. The predicted molar refractivity (Wildman–Crippen MR) is 111 cm³/mol. The van der Waals surface area contributed by atoms with Gasteiger partial charge in [0, 0.05) is 19.8 Å². The van der Waals surface area contributed by atoms with E-state index < -0.39 is 29.2 Å². The van der Waals surface area contributed by atoms with Gasteiger partial charge in [0.15, 0.2) is 0 Å². The number of hydrogen-bond acceptors (Lipinski definition) is 6. The van der Waals surface area contributed by atoms with E-state index in [1.54, 1.807) is 13.8 Å². The molecule has 2 heterocycles. The molecule has 4 N–H and O–H groups in total. The number of aryl methyl sites for hydroxylation is 1. The summed E-state index contributed by atoms with van der Waals surface area (Å²) in [5, 5.41) is 3.39. The van der Waals surface area contributed by atoms with Crippen molar-refractivity contribution in [2.45, 2.75) is 26.1 Å². The van der Waals surface area contributed by atoms with Crippen LogP contribution in [0.2, 0.25) is 0 Å². The third-order valence-corrected chi connectivity index (χ3v) is 4.62. The van der Waals surface area contributed by atoms with Gasteiger partial charge in [-0.05, 0) is 43.7 Å². The maximum Gasteiger partial charge on any atom is 0.416 e. The van der Waals surface area contributed by atoms with Gasteiger partial charge in [0.2, 0.25) is 0 Å². The lowest BCUT2D eigenvalue weighted by molar-refractivity contribution is -0.137. The number of carbonyl (C=O) groups excluding carboxylic acids is 1. The summed E-state index contributed by atoms with van der Waals surface area (Å²) in [5.41, 5.74) is 4.57. The average Bonchev–Trinajstić information content (AvgIpc) is 2.65. The van der Waals surface area contributed by atoms with E-state index in [1.807, 2.05) is 0 Å². The number of anilines is 2. The van der Waals surface area contributed by atoms with E-state index in [2.05, 4.69) is 20.3 Å². The Morgan fingerprint density at radius 3 is 2.48 bits per heavy atom. The van der Waals surface area contributed by atoms with Crippen molar-refractivity contribution >= 4 is 28.4 Å². The smallest absolute Gasteiger partial charge is 0.399 e. The lowest BCUT2D eigenvalue weighted by atomic mass is 10.0. The largest absolute Gasteiger partial charge is 0.416 e. The van der Waals surface area contributed by atoms with Crippen molar-refractivity contribution in [3.8, 4) is 0 Å². The first kappa shape index (κ1) is 22.1. The second kappa shape index (κ2) is 7.89. The molecule has 1 aromatic carbocycles. The Balaban J connectivity index is 2.09. The molecule has 0 spiro atoms. The summed E-state index contributed by atoms with van der Waals surface area (Å²) in [6.07, 6.45) is -4.54. The number of nitrogen functional groups attached to an aromatic ring is 1. The number of alkyl halides is 3. The predicted octanol–water partition coefficient (Wildman–Crippen LogP) is 3.10. The average molecular weight is 434 g/mol. The summed E-state index contributed by atoms with van der Waals surface area (Å²) >= 11 is 0. The molecule has 0 unspecified atom stereocenters. The molecule has 8 nitrogen and oxygen atoms in total. The molecule has 164 valence electrons. The number of aromatic nitrogens is 3. The summed E-state index contributed by atoms with van der Waals surface area (Å²) in [6, 6.07) is 4.05. The van der Waals surface area contributed by atoms with Crippen LogP contribution in [0.15, 0.2) is 29.1 Å². The molecule has 11 heteroatoms. The lowest BCUT2D eigenvalue weighted by Gasteiger charge is -2.19. The van der Waals surface area contributed by atoms with Crippen LogP contribution in [0.3, 0.4) is 0 Å². The Morgan fingerprint density at radius 2 is 1.87 bits per heavy atom. The summed E-state index contributed by atoms with van der Waals surface area (Å²) in [6.45, 7) is 3.25. The van der Waals surface area contributed by atoms with Crippen LogP contribution in [0.4, 0.5) is 24.7 Å². The maximum absolute atomic E-state index is 13.2. The molecule has 3 rings (SSSR count). The van der Waals surface area contributed by atoms with E-state index in [-0.39, 0.29) is 22.7 Å². The fraction of sp³-hybridized carbons (Fsp3) is 0.300. The van der Waals surface area contributed by atoms with Crippen LogP contribution in [0.5, 0.6) is 0 Å². The van der Waals surface area contributed by atoms with Crippen LogP contribution in [0.1, 0.15) is 40.3 Å². The Labute approximate surface area is 175 Å².